The van der Waals surface area contributed by atoms with Crippen molar-refractivity contribution >= 4 is 52.2 Å². The van der Waals surface area contributed by atoms with Crippen LogP contribution in [0.1, 0.15) is 11.1 Å². The number of nitro benzene ring substituents is 1. The fourth-order valence-electron chi connectivity index (χ4n) is 2.38. The second kappa shape index (κ2) is 8.19. The number of thioether (sulfide) groups is 1. The number of para-hydroxylation sites is 1. The topological polar surface area (TPSA) is 105 Å². The molecular formula is C18H13N3O5S2. The van der Waals surface area contributed by atoms with E-state index in [1.54, 1.807) is 30.3 Å². The standard InChI is InChI=1S/C18H13N3O5S2/c1-26-15-8-11(6-7-14(15)22)9-16-17(23)20(18(27)28-16)19-10-12-4-2-3-5-13(12)21(24)25/h2-10,22H,1H3/b16-9+,19-10+. The molecule has 1 N–H and O–H groups in total. The summed E-state index contributed by atoms with van der Waals surface area (Å²) in [6.45, 7) is 0. The molecule has 0 saturated carbocycles. The van der Waals surface area contributed by atoms with Crippen LogP contribution >= 0.6 is 24.0 Å². The Hall–Kier alpha value is -3.24. The summed E-state index contributed by atoms with van der Waals surface area (Å²) in [5.74, 6) is -0.184. The number of nitrogens with zero attached hydrogens (tertiary/aromatic N) is 3. The first-order valence-electron chi connectivity index (χ1n) is 7.83. The van der Waals surface area contributed by atoms with E-state index in [1.807, 2.05) is 0 Å². The molecule has 10 heteroatoms. The van der Waals surface area contributed by atoms with Crippen LogP contribution < -0.4 is 4.74 Å². The van der Waals surface area contributed by atoms with Crippen LogP contribution in [0.4, 0.5) is 5.69 Å². The lowest BCUT2D eigenvalue weighted by atomic mass is 10.2. The lowest BCUT2D eigenvalue weighted by Crippen LogP contribution is -2.22. The van der Waals surface area contributed by atoms with E-state index in [-0.39, 0.29) is 27.1 Å². The lowest BCUT2D eigenvalue weighted by Gasteiger charge is -2.06. The van der Waals surface area contributed by atoms with Crippen LogP contribution in [0.25, 0.3) is 6.08 Å². The van der Waals surface area contributed by atoms with Gasteiger partial charge in [0, 0.05) is 6.07 Å². The zero-order valence-electron chi connectivity index (χ0n) is 14.4. The Morgan fingerprint density at radius 2 is 2.07 bits per heavy atom. The van der Waals surface area contributed by atoms with Gasteiger partial charge in [-0.2, -0.15) is 10.1 Å². The van der Waals surface area contributed by atoms with Gasteiger partial charge in [-0.05, 0) is 42.1 Å². The van der Waals surface area contributed by atoms with Crippen molar-refractivity contribution in [3.63, 3.8) is 0 Å². The number of carbonyl (C=O) groups excluding carboxylic acids is 1. The van der Waals surface area contributed by atoms with Gasteiger partial charge in [-0.1, -0.05) is 30.0 Å². The molecule has 2 aromatic rings. The number of hydrogen-bond donors (Lipinski definition) is 1. The van der Waals surface area contributed by atoms with Crippen molar-refractivity contribution in [2.75, 3.05) is 7.11 Å². The van der Waals surface area contributed by atoms with Gasteiger partial charge in [-0.25, -0.2) is 0 Å². The molecule has 8 nitrogen and oxygen atoms in total. The molecule has 1 aliphatic rings. The molecule has 0 unspecified atom stereocenters. The van der Waals surface area contributed by atoms with Crippen molar-refractivity contribution in [3.05, 3.63) is 68.6 Å². The number of phenolic OH excluding ortho intramolecular Hbond substituents is 1. The molecule has 0 aliphatic carbocycles. The first-order valence-corrected chi connectivity index (χ1v) is 9.05. The van der Waals surface area contributed by atoms with Gasteiger partial charge in [0.05, 0.1) is 28.7 Å². The molecule has 1 aliphatic heterocycles. The van der Waals surface area contributed by atoms with Gasteiger partial charge in [-0.3, -0.25) is 14.9 Å². The summed E-state index contributed by atoms with van der Waals surface area (Å²) in [6.07, 6.45) is 2.83. The van der Waals surface area contributed by atoms with Crippen molar-refractivity contribution in [2.24, 2.45) is 5.10 Å². The maximum absolute atomic E-state index is 12.6. The fraction of sp³-hybridized carbons (Fsp3) is 0.0556. The van der Waals surface area contributed by atoms with Crippen molar-refractivity contribution in [2.45, 2.75) is 0 Å². The number of amides is 1. The number of thiocarbonyl (C=S) groups is 1. The number of carbonyl (C=O) groups is 1. The van der Waals surface area contributed by atoms with E-state index in [0.29, 0.717) is 10.5 Å². The van der Waals surface area contributed by atoms with Gasteiger partial charge in [0.2, 0.25) is 0 Å². The van der Waals surface area contributed by atoms with E-state index >= 15 is 0 Å². The maximum Gasteiger partial charge on any atom is 0.286 e. The van der Waals surface area contributed by atoms with Crippen LogP contribution in [-0.2, 0) is 4.79 Å². The third kappa shape index (κ3) is 4.02. The zero-order chi connectivity index (χ0) is 20.3. The van der Waals surface area contributed by atoms with E-state index in [9.17, 15) is 20.0 Å². The van der Waals surface area contributed by atoms with E-state index in [0.717, 1.165) is 16.8 Å². The number of benzene rings is 2. The second-order valence-corrected chi connectivity index (χ2v) is 7.16. The first kappa shape index (κ1) is 19.5. The monoisotopic (exact) mass is 415 g/mol. The summed E-state index contributed by atoms with van der Waals surface area (Å²) in [5.41, 5.74) is 0.773. The van der Waals surface area contributed by atoms with E-state index in [4.69, 9.17) is 17.0 Å². The van der Waals surface area contributed by atoms with Crippen molar-refractivity contribution < 1.29 is 19.6 Å². The molecule has 0 atom stereocenters. The average Bonchev–Trinajstić information content (AvgIpc) is 2.94. The van der Waals surface area contributed by atoms with Crippen LogP contribution in [0.5, 0.6) is 11.5 Å². The third-order valence-corrected chi connectivity index (χ3v) is 5.00. The minimum atomic E-state index is -0.524. The van der Waals surface area contributed by atoms with Gasteiger partial charge in [-0.15, -0.1) is 0 Å². The summed E-state index contributed by atoms with van der Waals surface area (Å²) < 4.78 is 5.26. The van der Waals surface area contributed by atoms with Crippen LogP contribution in [0.3, 0.4) is 0 Å². The molecule has 2 aromatic carbocycles. The predicted octanol–water partition coefficient (Wildman–Crippen LogP) is 3.54. The normalized spacial score (nSPS) is 15.6. The summed E-state index contributed by atoms with van der Waals surface area (Å²) >= 11 is 6.25. The van der Waals surface area contributed by atoms with Gasteiger partial charge >= 0.3 is 0 Å². The van der Waals surface area contributed by atoms with Crippen LogP contribution in [0.15, 0.2) is 52.5 Å². The number of rotatable bonds is 5. The largest absolute Gasteiger partial charge is 0.504 e. The molecule has 1 amide bonds. The van der Waals surface area contributed by atoms with Crippen molar-refractivity contribution in [3.8, 4) is 11.5 Å². The Morgan fingerprint density at radius 1 is 1.32 bits per heavy atom. The molecule has 3 rings (SSSR count). The highest BCUT2D eigenvalue weighted by Gasteiger charge is 2.32. The Kier molecular flexibility index (Phi) is 5.71. The Labute approximate surface area is 169 Å². The summed E-state index contributed by atoms with van der Waals surface area (Å²) in [5, 5.41) is 25.8. The zero-order valence-corrected chi connectivity index (χ0v) is 16.1. The molecule has 0 bridgehead atoms. The first-order chi connectivity index (χ1) is 13.4. The van der Waals surface area contributed by atoms with E-state index in [2.05, 4.69) is 5.10 Å². The molecule has 0 radical (unpaired) electrons. The highest BCUT2D eigenvalue weighted by Crippen LogP contribution is 2.34. The van der Waals surface area contributed by atoms with Crippen LogP contribution in [-0.4, -0.2) is 38.6 Å². The van der Waals surface area contributed by atoms with Gasteiger partial charge < -0.3 is 9.84 Å². The smallest absolute Gasteiger partial charge is 0.286 e. The minimum Gasteiger partial charge on any atom is -0.504 e. The number of phenols is 1. The fourth-order valence-corrected chi connectivity index (χ4v) is 3.55. The third-order valence-electron chi connectivity index (χ3n) is 3.72. The molecule has 28 heavy (non-hydrogen) atoms. The molecular weight excluding hydrogens is 402 g/mol. The van der Waals surface area contributed by atoms with Crippen LogP contribution in [0.2, 0.25) is 0 Å². The van der Waals surface area contributed by atoms with Crippen molar-refractivity contribution in [1.29, 1.82) is 0 Å². The average molecular weight is 415 g/mol. The predicted molar refractivity (Wildman–Crippen MR) is 110 cm³/mol. The van der Waals surface area contributed by atoms with Gasteiger partial charge in [0.15, 0.2) is 15.8 Å². The number of hydrazone groups is 1. The van der Waals surface area contributed by atoms with Gasteiger partial charge in [0.1, 0.15) is 0 Å². The number of methoxy groups -OCH3 is 1. The molecule has 1 heterocycles. The highest BCUT2D eigenvalue weighted by molar-refractivity contribution is 8.26. The van der Waals surface area contributed by atoms with Crippen molar-refractivity contribution in [1.82, 2.24) is 5.01 Å². The number of ether oxygens (including phenoxy) is 1. The molecule has 0 aromatic heterocycles. The molecule has 0 spiro atoms. The summed E-state index contributed by atoms with van der Waals surface area (Å²) in [7, 11) is 1.43. The SMILES string of the molecule is COc1cc(/C=C2/SC(=S)N(/N=C/c3ccccc3[N+](=O)[O-])C2=O)ccc1O. The maximum atomic E-state index is 12.6. The Balaban J connectivity index is 1.85. The number of aromatic hydroxyl groups is 1. The molecule has 1 fully saturated rings. The summed E-state index contributed by atoms with van der Waals surface area (Å²) in [6, 6.07) is 10.7. The highest BCUT2D eigenvalue weighted by atomic mass is 32.2. The summed E-state index contributed by atoms with van der Waals surface area (Å²) in [4.78, 5) is 23.5. The quantitative estimate of drug-likeness (QED) is 0.262. The minimum absolute atomic E-state index is 0.0127. The molecule has 1 saturated heterocycles. The van der Waals surface area contributed by atoms with Crippen LogP contribution in [0, 0.1) is 10.1 Å². The Morgan fingerprint density at radius 3 is 2.79 bits per heavy atom. The lowest BCUT2D eigenvalue weighted by molar-refractivity contribution is -0.385. The van der Waals surface area contributed by atoms with Gasteiger partial charge in [0.25, 0.3) is 11.6 Å². The number of nitro groups is 1. The Bertz CT molecular complexity index is 1040. The second-order valence-electron chi connectivity index (χ2n) is 5.49. The molecule has 142 valence electrons. The van der Waals surface area contributed by atoms with E-state index in [1.165, 1.54) is 31.5 Å². The van der Waals surface area contributed by atoms with E-state index < -0.39 is 10.8 Å². The number of hydrogen-bond acceptors (Lipinski definition) is 8.